The predicted octanol–water partition coefficient (Wildman–Crippen LogP) is 4.30. The first-order chi connectivity index (χ1) is 13.0. The van der Waals surface area contributed by atoms with Gasteiger partial charge in [0.05, 0.1) is 11.4 Å². The Morgan fingerprint density at radius 1 is 1.37 bits per heavy atom. The van der Waals surface area contributed by atoms with Crippen molar-refractivity contribution in [2.75, 3.05) is 11.9 Å². The number of nitrogens with one attached hydrogen (secondary N) is 1. The van der Waals surface area contributed by atoms with Crippen LogP contribution in [0.3, 0.4) is 0 Å². The van der Waals surface area contributed by atoms with Gasteiger partial charge in [0, 0.05) is 26.4 Å². The van der Waals surface area contributed by atoms with E-state index in [-0.39, 0.29) is 17.8 Å². The lowest BCUT2D eigenvalue weighted by atomic mass is 9.99. The number of benzene rings is 1. The van der Waals surface area contributed by atoms with Crippen LogP contribution in [-0.2, 0) is 17.8 Å². The molecule has 0 fully saturated rings. The normalized spacial score (nSPS) is 16.9. The summed E-state index contributed by atoms with van der Waals surface area (Å²) in [5, 5.41) is 6.56. The SMILES string of the molecule is CCc1nc(NC2CCN(C(C)=O)Cc3cc(F)ccc32)c2ccsc2n1. The molecular weight excluding hydrogens is 363 g/mol. The van der Waals surface area contributed by atoms with E-state index >= 15 is 0 Å². The first-order valence-electron chi connectivity index (χ1n) is 9.09. The monoisotopic (exact) mass is 384 g/mol. The van der Waals surface area contributed by atoms with Crippen molar-refractivity contribution in [1.29, 1.82) is 0 Å². The molecule has 0 spiro atoms. The van der Waals surface area contributed by atoms with Crippen LogP contribution in [0, 0.1) is 5.82 Å². The molecule has 7 heteroatoms. The summed E-state index contributed by atoms with van der Waals surface area (Å²) in [4.78, 5) is 23.9. The predicted molar refractivity (Wildman–Crippen MR) is 105 cm³/mol. The Labute approximate surface area is 161 Å². The maximum Gasteiger partial charge on any atom is 0.219 e. The molecule has 1 aromatic carbocycles. The van der Waals surface area contributed by atoms with Gasteiger partial charge in [-0.2, -0.15) is 0 Å². The molecule has 1 aliphatic heterocycles. The van der Waals surface area contributed by atoms with E-state index in [4.69, 9.17) is 4.98 Å². The minimum Gasteiger partial charge on any atom is -0.363 e. The van der Waals surface area contributed by atoms with Gasteiger partial charge in [-0.25, -0.2) is 14.4 Å². The molecule has 0 saturated heterocycles. The number of rotatable bonds is 3. The van der Waals surface area contributed by atoms with E-state index in [1.807, 2.05) is 24.4 Å². The van der Waals surface area contributed by atoms with Gasteiger partial charge in [0.15, 0.2) is 0 Å². The van der Waals surface area contributed by atoms with E-state index < -0.39 is 0 Å². The van der Waals surface area contributed by atoms with E-state index in [0.29, 0.717) is 13.1 Å². The van der Waals surface area contributed by atoms with Crippen molar-refractivity contribution in [2.45, 2.75) is 39.3 Å². The average molecular weight is 384 g/mol. The van der Waals surface area contributed by atoms with Crippen molar-refractivity contribution >= 4 is 33.3 Å². The van der Waals surface area contributed by atoms with E-state index in [1.165, 1.54) is 12.1 Å². The van der Waals surface area contributed by atoms with Crippen LogP contribution < -0.4 is 5.32 Å². The third kappa shape index (κ3) is 3.51. The second-order valence-electron chi connectivity index (χ2n) is 6.75. The summed E-state index contributed by atoms with van der Waals surface area (Å²) in [6.07, 6.45) is 1.49. The van der Waals surface area contributed by atoms with Crippen molar-refractivity contribution in [3.8, 4) is 0 Å². The summed E-state index contributed by atoms with van der Waals surface area (Å²) in [5.41, 5.74) is 1.85. The van der Waals surface area contributed by atoms with Crippen LogP contribution in [0.25, 0.3) is 10.2 Å². The zero-order chi connectivity index (χ0) is 19.0. The van der Waals surface area contributed by atoms with Gasteiger partial charge in [-0.3, -0.25) is 4.79 Å². The Hall–Kier alpha value is -2.54. The Balaban J connectivity index is 1.74. The van der Waals surface area contributed by atoms with Gasteiger partial charge in [-0.05, 0) is 41.1 Å². The molecule has 1 aliphatic rings. The van der Waals surface area contributed by atoms with Gasteiger partial charge in [0.2, 0.25) is 5.91 Å². The number of thiophene rings is 1. The summed E-state index contributed by atoms with van der Waals surface area (Å²) in [6, 6.07) is 6.80. The zero-order valence-corrected chi connectivity index (χ0v) is 16.1. The number of carbonyl (C=O) groups is 1. The molecule has 4 rings (SSSR count). The number of carbonyl (C=O) groups excluding carboxylic acids is 1. The van der Waals surface area contributed by atoms with Crippen LogP contribution in [0.5, 0.6) is 0 Å². The van der Waals surface area contributed by atoms with Gasteiger partial charge in [-0.1, -0.05) is 13.0 Å². The molecule has 0 aliphatic carbocycles. The molecule has 27 heavy (non-hydrogen) atoms. The van der Waals surface area contributed by atoms with E-state index in [1.54, 1.807) is 23.2 Å². The highest BCUT2D eigenvalue weighted by molar-refractivity contribution is 7.16. The van der Waals surface area contributed by atoms with Crippen molar-refractivity contribution in [2.24, 2.45) is 0 Å². The minimum absolute atomic E-state index is 0.00129. The van der Waals surface area contributed by atoms with Crippen molar-refractivity contribution in [1.82, 2.24) is 14.9 Å². The largest absolute Gasteiger partial charge is 0.363 e. The maximum absolute atomic E-state index is 13.8. The highest BCUT2D eigenvalue weighted by Crippen LogP contribution is 2.33. The number of amides is 1. The number of halogens is 1. The maximum atomic E-state index is 13.8. The third-order valence-corrected chi connectivity index (χ3v) is 5.78. The second-order valence-corrected chi connectivity index (χ2v) is 7.65. The Morgan fingerprint density at radius 2 is 2.22 bits per heavy atom. The highest BCUT2D eigenvalue weighted by Gasteiger charge is 2.25. The topological polar surface area (TPSA) is 58.1 Å². The highest BCUT2D eigenvalue weighted by atomic mass is 32.1. The zero-order valence-electron chi connectivity index (χ0n) is 15.3. The first kappa shape index (κ1) is 17.9. The molecule has 1 atom stereocenters. The Kier molecular flexibility index (Phi) is 4.78. The van der Waals surface area contributed by atoms with E-state index in [0.717, 1.165) is 45.8 Å². The first-order valence-corrected chi connectivity index (χ1v) is 9.97. The fourth-order valence-corrected chi connectivity index (χ4v) is 4.31. The van der Waals surface area contributed by atoms with E-state index in [2.05, 4.69) is 10.3 Å². The van der Waals surface area contributed by atoms with Crippen LogP contribution in [-0.4, -0.2) is 27.3 Å². The molecule has 0 radical (unpaired) electrons. The van der Waals surface area contributed by atoms with Gasteiger partial charge < -0.3 is 10.2 Å². The molecule has 3 heterocycles. The number of aryl methyl sites for hydroxylation is 1. The van der Waals surface area contributed by atoms with Crippen LogP contribution in [0.4, 0.5) is 10.2 Å². The number of nitrogens with zero attached hydrogens (tertiary/aromatic N) is 3. The molecular formula is C20H21FN4OS. The van der Waals surface area contributed by atoms with Crippen LogP contribution in [0.1, 0.15) is 43.3 Å². The Morgan fingerprint density at radius 3 is 3.00 bits per heavy atom. The molecule has 140 valence electrons. The molecule has 1 amide bonds. The average Bonchev–Trinajstić information content (AvgIpc) is 3.05. The molecule has 5 nitrogen and oxygen atoms in total. The van der Waals surface area contributed by atoms with Gasteiger partial charge in [0.25, 0.3) is 0 Å². The number of hydrogen-bond acceptors (Lipinski definition) is 5. The lowest BCUT2D eigenvalue weighted by Crippen LogP contribution is -2.28. The summed E-state index contributed by atoms with van der Waals surface area (Å²) in [6.45, 7) is 4.63. The molecule has 1 N–H and O–H groups in total. The number of aromatic nitrogens is 2. The van der Waals surface area contributed by atoms with Crippen molar-refractivity contribution in [3.63, 3.8) is 0 Å². The van der Waals surface area contributed by atoms with Gasteiger partial charge >= 0.3 is 0 Å². The smallest absolute Gasteiger partial charge is 0.219 e. The molecule has 2 aromatic heterocycles. The standard InChI is InChI=1S/C20H21FN4OS/c1-3-18-23-19(16-7-9-27-20(16)24-18)22-17-6-8-25(12(2)26)11-13-10-14(21)4-5-15(13)17/h4-5,7,9-10,17H,3,6,8,11H2,1-2H3,(H,22,23,24). The lowest BCUT2D eigenvalue weighted by Gasteiger charge is -2.20. The van der Waals surface area contributed by atoms with Crippen LogP contribution >= 0.6 is 11.3 Å². The van der Waals surface area contributed by atoms with Crippen LogP contribution in [0.15, 0.2) is 29.6 Å². The van der Waals surface area contributed by atoms with Crippen molar-refractivity contribution in [3.05, 3.63) is 52.4 Å². The van der Waals surface area contributed by atoms with Crippen molar-refractivity contribution < 1.29 is 9.18 Å². The summed E-state index contributed by atoms with van der Waals surface area (Å²) in [7, 11) is 0. The molecule has 0 bridgehead atoms. The quantitative estimate of drug-likeness (QED) is 0.732. The van der Waals surface area contributed by atoms with Crippen LogP contribution in [0.2, 0.25) is 0 Å². The molecule has 0 saturated carbocycles. The minimum atomic E-state index is -0.284. The third-order valence-electron chi connectivity index (χ3n) is 4.97. The van der Waals surface area contributed by atoms with Gasteiger partial charge in [0.1, 0.15) is 22.3 Å². The lowest BCUT2D eigenvalue weighted by molar-refractivity contribution is -0.129. The van der Waals surface area contributed by atoms with Gasteiger partial charge in [-0.15, -0.1) is 11.3 Å². The summed E-state index contributed by atoms with van der Waals surface area (Å²) >= 11 is 1.60. The number of anilines is 1. The fraction of sp³-hybridized carbons (Fsp3) is 0.350. The fourth-order valence-electron chi connectivity index (χ4n) is 3.53. The van der Waals surface area contributed by atoms with E-state index in [9.17, 15) is 9.18 Å². The molecule has 1 unspecified atom stereocenters. The summed E-state index contributed by atoms with van der Waals surface area (Å²) < 4.78 is 13.8. The molecule has 3 aromatic rings. The second kappa shape index (κ2) is 7.23. The summed E-state index contributed by atoms with van der Waals surface area (Å²) in [5.74, 6) is 1.32. The Bertz CT molecular complexity index is 1000. The number of fused-ring (bicyclic) bond motifs is 2. The number of hydrogen-bond donors (Lipinski definition) is 1.